The van der Waals surface area contributed by atoms with E-state index >= 15 is 0 Å². The fraction of sp³-hybridized carbons (Fsp3) is 0.433. The third-order valence-electron chi connectivity index (χ3n) is 7.43. The van der Waals surface area contributed by atoms with E-state index in [-0.39, 0.29) is 52.1 Å². The van der Waals surface area contributed by atoms with Crippen molar-refractivity contribution in [3.05, 3.63) is 53.1 Å². The summed E-state index contributed by atoms with van der Waals surface area (Å²) in [5.41, 5.74) is 0.796. The molecule has 230 valence electrons. The van der Waals surface area contributed by atoms with Crippen LogP contribution in [-0.4, -0.2) is 78.8 Å². The molecule has 0 aliphatic carbocycles. The van der Waals surface area contributed by atoms with E-state index in [1.54, 1.807) is 0 Å². The first kappa shape index (κ1) is 31.6. The quantitative estimate of drug-likeness (QED) is 0.266. The van der Waals surface area contributed by atoms with E-state index in [0.717, 1.165) is 43.0 Å². The minimum Gasteiger partial charge on any atom is -0.495 e. The molecule has 1 aromatic heterocycles. The summed E-state index contributed by atoms with van der Waals surface area (Å²) in [4.78, 5) is 31.8. The molecule has 3 aromatic rings. The molecule has 1 saturated heterocycles. The lowest BCUT2D eigenvalue weighted by Crippen LogP contribution is -2.49. The van der Waals surface area contributed by atoms with Crippen molar-refractivity contribution in [2.24, 2.45) is 5.92 Å². The number of halogens is 4. The second-order valence-corrected chi connectivity index (χ2v) is 10.4. The molecular weight excluding hydrogens is 568 g/mol. The molecule has 0 bridgehead atoms. The number of imidazole rings is 1. The van der Waals surface area contributed by atoms with Crippen LogP contribution in [0, 0.1) is 23.6 Å². The van der Waals surface area contributed by atoms with Crippen LogP contribution in [0.25, 0.3) is 11.0 Å². The highest BCUT2D eigenvalue weighted by Crippen LogP contribution is 2.28. The van der Waals surface area contributed by atoms with Crippen molar-refractivity contribution in [3.8, 4) is 17.6 Å². The highest BCUT2D eigenvalue weighted by molar-refractivity contribution is 6.05. The van der Waals surface area contributed by atoms with Gasteiger partial charge in [-0.05, 0) is 37.1 Å². The number of likely N-dealkylation sites (tertiary alicyclic amines) is 1. The third-order valence-corrected chi connectivity index (χ3v) is 7.43. The maximum atomic E-state index is 14.5. The summed E-state index contributed by atoms with van der Waals surface area (Å²) in [5, 5.41) is 8.33. The van der Waals surface area contributed by atoms with E-state index < -0.39 is 30.4 Å². The number of methoxy groups -OCH3 is 1. The van der Waals surface area contributed by atoms with Crippen molar-refractivity contribution < 1.29 is 31.9 Å². The van der Waals surface area contributed by atoms with Gasteiger partial charge in [0.2, 0.25) is 0 Å². The molecule has 0 unspecified atom stereocenters. The molecule has 1 aliphatic rings. The van der Waals surface area contributed by atoms with Gasteiger partial charge >= 0.3 is 6.18 Å². The Morgan fingerprint density at radius 2 is 1.93 bits per heavy atom. The molecule has 3 N–H and O–H groups in total. The summed E-state index contributed by atoms with van der Waals surface area (Å²) in [6, 6.07) is 5.25. The maximum absolute atomic E-state index is 14.5. The van der Waals surface area contributed by atoms with Crippen molar-refractivity contribution in [2.75, 3.05) is 45.7 Å². The number of piperidine rings is 1. The number of rotatable bonds is 8. The third kappa shape index (κ3) is 7.56. The summed E-state index contributed by atoms with van der Waals surface area (Å²) in [6.07, 6.45) is -2.67. The number of hydrogen-bond donors (Lipinski definition) is 3. The zero-order valence-corrected chi connectivity index (χ0v) is 24.4. The van der Waals surface area contributed by atoms with Crippen LogP contribution in [-0.2, 0) is 6.54 Å². The number of fused-ring (bicyclic) bond motifs is 1. The summed E-state index contributed by atoms with van der Waals surface area (Å²) in [7, 11) is 2.76. The predicted molar refractivity (Wildman–Crippen MR) is 155 cm³/mol. The van der Waals surface area contributed by atoms with Crippen molar-refractivity contribution in [3.63, 3.8) is 0 Å². The van der Waals surface area contributed by atoms with E-state index in [2.05, 4.69) is 51.5 Å². The van der Waals surface area contributed by atoms with Crippen LogP contribution in [0.15, 0.2) is 30.6 Å². The van der Waals surface area contributed by atoms with Crippen LogP contribution in [0.2, 0.25) is 0 Å². The number of nitrogens with one attached hydrogen (secondary N) is 3. The average Bonchev–Trinajstić information content (AvgIpc) is 3.36. The number of carbonyl (C=O) groups is 2. The fourth-order valence-corrected chi connectivity index (χ4v) is 5.16. The first-order chi connectivity index (χ1) is 20.4. The Balaban J connectivity index is 1.60. The Hall–Kier alpha value is -4.31. The molecule has 9 nitrogen and oxygen atoms in total. The van der Waals surface area contributed by atoms with Gasteiger partial charge in [0.25, 0.3) is 11.8 Å². The van der Waals surface area contributed by atoms with Gasteiger partial charge in [-0.2, -0.15) is 13.2 Å². The lowest BCUT2D eigenvalue weighted by atomic mass is 9.93. The van der Waals surface area contributed by atoms with E-state index in [1.807, 2.05) is 0 Å². The zero-order valence-electron chi connectivity index (χ0n) is 24.4. The van der Waals surface area contributed by atoms with Crippen LogP contribution in [0.3, 0.4) is 0 Å². The van der Waals surface area contributed by atoms with Gasteiger partial charge < -0.3 is 30.2 Å². The van der Waals surface area contributed by atoms with E-state index in [4.69, 9.17) is 4.74 Å². The van der Waals surface area contributed by atoms with Gasteiger partial charge in [-0.1, -0.05) is 25.7 Å². The average molecular weight is 603 g/mol. The largest absolute Gasteiger partial charge is 0.495 e. The standard InChI is InChI=1S/C30H34F4N6O3/c1-5-39-10-8-23(18(2)15-39)38-29(42)21-11-19(12-25-27(21)37-17-40(25)16-30(32,33)34)7-6-9-36-24-14-22(31)20(28(41)35-3)13-26(24)43-4/h11-14,17-18,23,36H,5,8-10,15-16H2,1-4H3,(H,35,41)(H,38,42)/t18-,23-/m0/s1. The van der Waals surface area contributed by atoms with Gasteiger partial charge in [0.05, 0.1) is 42.3 Å². The van der Waals surface area contributed by atoms with Gasteiger partial charge in [-0.3, -0.25) is 9.59 Å². The predicted octanol–water partition coefficient (Wildman–Crippen LogP) is 4.03. The maximum Gasteiger partial charge on any atom is 0.406 e. The second kappa shape index (κ2) is 13.3. The van der Waals surface area contributed by atoms with Gasteiger partial charge in [-0.15, -0.1) is 0 Å². The number of hydrogen-bond acceptors (Lipinski definition) is 6. The monoisotopic (exact) mass is 602 g/mol. The molecule has 2 amide bonds. The number of benzene rings is 2. The SMILES string of the molecule is CCN1CC[C@H](NC(=O)c2cc(C#CCNc3cc(F)c(C(=O)NC)cc3OC)cc3c2ncn3CC(F)(F)F)[C@@H](C)C1. The zero-order chi connectivity index (χ0) is 31.3. The number of amides is 2. The van der Waals surface area contributed by atoms with Crippen LogP contribution in [0.1, 0.15) is 46.5 Å². The summed E-state index contributed by atoms with van der Waals surface area (Å²) in [6.45, 7) is 5.46. The Bertz CT molecular complexity index is 1560. The van der Waals surface area contributed by atoms with E-state index in [1.165, 1.54) is 32.4 Å². The van der Waals surface area contributed by atoms with Crippen molar-refractivity contribution in [1.29, 1.82) is 0 Å². The molecule has 4 rings (SSSR count). The molecule has 2 atom stereocenters. The van der Waals surface area contributed by atoms with Gasteiger partial charge in [0.15, 0.2) is 0 Å². The lowest BCUT2D eigenvalue weighted by molar-refractivity contribution is -0.139. The molecule has 13 heteroatoms. The summed E-state index contributed by atoms with van der Waals surface area (Å²) in [5.74, 6) is 4.35. The molecule has 0 spiro atoms. The van der Waals surface area contributed by atoms with Gasteiger partial charge in [0.1, 0.15) is 23.6 Å². The minimum atomic E-state index is -4.49. The number of ether oxygens (including phenoxy) is 1. The van der Waals surface area contributed by atoms with Crippen molar-refractivity contribution in [1.82, 2.24) is 25.1 Å². The number of aromatic nitrogens is 2. The van der Waals surface area contributed by atoms with Crippen LogP contribution in [0.5, 0.6) is 5.75 Å². The Morgan fingerprint density at radius 1 is 1.16 bits per heavy atom. The molecule has 0 saturated carbocycles. The minimum absolute atomic E-state index is 0.00399. The fourth-order valence-electron chi connectivity index (χ4n) is 5.16. The van der Waals surface area contributed by atoms with Crippen LogP contribution in [0.4, 0.5) is 23.2 Å². The summed E-state index contributed by atoms with van der Waals surface area (Å²) < 4.78 is 60.5. The van der Waals surface area contributed by atoms with Crippen LogP contribution < -0.4 is 20.7 Å². The Morgan fingerprint density at radius 3 is 2.58 bits per heavy atom. The second-order valence-electron chi connectivity index (χ2n) is 10.4. The van der Waals surface area contributed by atoms with E-state index in [0.29, 0.717) is 5.56 Å². The Kier molecular flexibility index (Phi) is 9.80. The number of carbonyl (C=O) groups excluding carboxylic acids is 2. The number of alkyl halides is 3. The highest BCUT2D eigenvalue weighted by Gasteiger charge is 2.30. The molecule has 2 heterocycles. The smallest absolute Gasteiger partial charge is 0.406 e. The van der Waals surface area contributed by atoms with Crippen molar-refractivity contribution >= 4 is 28.5 Å². The molecule has 1 aliphatic heterocycles. The highest BCUT2D eigenvalue weighted by atomic mass is 19.4. The molecule has 0 radical (unpaired) electrons. The van der Waals surface area contributed by atoms with Gasteiger partial charge in [0, 0.05) is 37.8 Å². The van der Waals surface area contributed by atoms with E-state index in [9.17, 15) is 27.2 Å². The van der Waals surface area contributed by atoms with Crippen molar-refractivity contribution in [2.45, 2.75) is 39.0 Å². The first-order valence-electron chi connectivity index (χ1n) is 13.8. The summed E-state index contributed by atoms with van der Waals surface area (Å²) >= 11 is 0. The lowest BCUT2D eigenvalue weighted by Gasteiger charge is -2.36. The molecular formula is C30H34F4N6O3. The number of nitrogens with zero attached hydrogens (tertiary/aromatic N) is 3. The van der Waals surface area contributed by atoms with Gasteiger partial charge in [-0.25, -0.2) is 9.37 Å². The molecule has 1 fully saturated rings. The first-order valence-corrected chi connectivity index (χ1v) is 13.8. The number of anilines is 1. The molecule has 43 heavy (non-hydrogen) atoms. The normalized spacial score (nSPS) is 17.2. The molecule has 2 aromatic carbocycles. The van der Waals surface area contributed by atoms with Crippen LogP contribution >= 0.6 is 0 Å². The Labute approximate surface area is 247 Å². The topological polar surface area (TPSA) is 101 Å².